The van der Waals surface area contributed by atoms with Crippen LogP contribution >= 0.6 is 11.3 Å². The van der Waals surface area contributed by atoms with Crippen molar-refractivity contribution < 1.29 is 14.7 Å². The number of Topliss-reactive ketones (excluding diaryl/α,β-unsaturated/α-hetero) is 2. The van der Waals surface area contributed by atoms with E-state index < -0.39 is 0 Å². The molecule has 1 aromatic heterocycles. The minimum absolute atomic E-state index is 0.0946. The fourth-order valence-corrected chi connectivity index (χ4v) is 2.43. The molecule has 1 aromatic rings. The lowest BCUT2D eigenvalue weighted by Gasteiger charge is -1.97. The van der Waals surface area contributed by atoms with Gasteiger partial charge in [0, 0.05) is 5.56 Å². The number of carbonyl (C=O) groups is 2. The minimum atomic E-state index is -0.244. The third-order valence-electron chi connectivity index (χ3n) is 2.16. The minimum Gasteiger partial charge on any atom is -0.499 e. The summed E-state index contributed by atoms with van der Waals surface area (Å²) in [6.45, 7) is 4.66. The molecule has 0 amide bonds. The average Bonchev–Trinajstić information content (AvgIpc) is 2.56. The molecule has 0 atom stereocenters. The summed E-state index contributed by atoms with van der Waals surface area (Å²) in [4.78, 5) is 23.3. The Labute approximate surface area is 104 Å². The van der Waals surface area contributed by atoms with Crippen molar-refractivity contribution in [1.29, 1.82) is 0 Å². The van der Waals surface area contributed by atoms with Crippen molar-refractivity contribution in [2.45, 2.75) is 20.8 Å². The summed E-state index contributed by atoms with van der Waals surface area (Å²) in [5.41, 5.74) is 0.728. The third kappa shape index (κ3) is 2.91. The highest BCUT2D eigenvalue weighted by molar-refractivity contribution is 7.16. The molecule has 0 bridgehead atoms. The maximum absolute atomic E-state index is 11.4. The second-order valence-electron chi connectivity index (χ2n) is 3.52. The number of aromatic hydroxyl groups is 1. The SMILES string of the molecule is CC=CC=Cc1c(C(C)=O)sc(O)c1C(C)=O. The molecule has 0 unspecified atom stereocenters. The number of thiophene rings is 1. The zero-order valence-corrected chi connectivity index (χ0v) is 10.8. The van der Waals surface area contributed by atoms with Crippen LogP contribution in [0, 0.1) is 0 Å². The van der Waals surface area contributed by atoms with Crippen LogP contribution in [0.1, 0.15) is 46.4 Å². The van der Waals surface area contributed by atoms with Gasteiger partial charge >= 0.3 is 0 Å². The molecule has 0 saturated heterocycles. The van der Waals surface area contributed by atoms with Crippen LogP contribution in [0.3, 0.4) is 0 Å². The predicted octanol–water partition coefficient (Wildman–Crippen LogP) is 3.45. The van der Waals surface area contributed by atoms with Gasteiger partial charge in [0.2, 0.25) is 0 Å². The smallest absolute Gasteiger partial charge is 0.183 e. The molecular weight excluding hydrogens is 236 g/mol. The molecule has 3 nitrogen and oxygen atoms in total. The van der Waals surface area contributed by atoms with E-state index in [1.807, 2.05) is 13.0 Å². The van der Waals surface area contributed by atoms with E-state index in [1.54, 1.807) is 18.2 Å². The van der Waals surface area contributed by atoms with Crippen LogP contribution in [0.25, 0.3) is 6.08 Å². The zero-order valence-electron chi connectivity index (χ0n) is 9.98. The Morgan fingerprint density at radius 1 is 1.18 bits per heavy atom. The summed E-state index contributed by atoms with van der Waals surface area (Å²) < 4.78 is 0. The number of hydrogen-bond acceptors (Lipinski definition) is 4. The van der Waals surface area contributed by atoms with Crippen LogP contribution in [0.15, 0.2) is 18.2 Å². The van der Waals surface area contributed by atoms with Crippen molar-refractivity contribution >= 4 is 29.0 Å². The monoisotopic (exact) mass is 250 g/mol. The van der Waals surface area contributed by atoms with E-state index in [0.29, 0.717) is 10.4 Å². The summed E-state index contributed by atoms with van der Waals surface area (Å²) in [7, 11) is 0. The van der Waals surface area contributed by atoms with Crippen molar-refractivity contribution in [1.82, 2.24) is 0 Å². The molecule has 17 heavy (non-hydrogen) atoms. The number of ketones is 2. The Bertz CT molecular complexity index is 507. The molecule has 1 rings (SSSR count). The van der Waals surface area contributed by atoms with Crippen molar-refractivity contribution in [2.75, 3.05) is 0 Å². The van der Waals surface area contributed by atoms with E-state index in [-0.39, 0.29) is 22.2 Å². The van der Waals surface area contributed by atoms with Crippen LogP contribution in [0.5, 0.6) is 5.06 Å². The first kappa shape index (κ1) is 13.4. The first-order valence-corrected chi connectivity index (χ1v) is 5.97. The lowest BCUT2D eigenvalue weighted by Crippen LogP contribution is -1.96. The van der Waals surface area contributed by atoms with E-state index in [4.69, 9.17) is 0 Å². The molecule has 0 aromatic carbocycles. The highest BCUT2D eigenvalue weighted by atomic mass is 32.1. The van der Waals surface area contributed by atoms with Gasteiger partial charge in [0.1, 0.15) is 0 Å². The Morgan fingerprint density at radius 3 is 2.29 bits per heavy atom. The molecule has 0 aliphatic heterocycles. The second-order valence-corrected chi connectivity index (χ2v) is 4.52. The van der Waals surface area contributed by atoms with Crippen molar-refractivity contribution in [3.63, 3.8) is 0 Å². The van der Waals surface area contributed by atoms with Crippen LogP contribution in [0.4, 0.5) is 0 Å². The molecule has 0 aliphatic rings. The van der Waals surface area contributed by atoms with Gasteiger partial charge in [0.25, 0.3) is 0 Å². The molecule has 1 N–H and O–H groups in total. The van der Waals surface area contributed by atoms with Crippen molar-refractivity contribution in [2.24, 2.45) is 0 Å². The lowest BCUT2D eigenvalue weighted by molar-refractivity contribution is 0.101. The molecule has 0 saturated carbocycles. The van der Waals surface area contributed by atoms with Gasteiger partial charge in [0.15, 0.2) is 16.6 Å². The second kappa shape index (κ2) is 5.59. The molecule has 0 aliphatic carbocycles. The fourth-order valence-electron chi connectivity index (χ4n) is 1.46. The quantitative estimate of drug-likeness (QED) is 0.657. The lowest BCUT2D eigenvalue weighted by atomic mass is 10.1. The molecular formula is C13H14O3S. The Hall–Kier alpha value is -1.68. The van der Waals surface area contributed by atoms with E-state index in [2.05, 4.69) is 0 Å². The van der Waals surface area contributed by atoms with Gasteiger partial charge in [-0.15, -0.1) is 0 Å². The summed E-state index contributed by atoms with van der Waals surface area (Å²) in [5.74, 6) is -0.399. The average molecular weight is 250 g/mol. The number of rotatable bonds is 4. The molecule has 0 spiro atoms. The maximum atomic E-state index is 11.4. The summed E-state index contributed by atoms with van der Waals surface area (Å²) in [5, 5.41) is 9.59. The van der Waals surface area contributed by atoms with E-state index in [1.165, 1.54) is 13.8 Å². The highest BCUT2D eigenvalue weighted by Crippen LogP contribution is 2.36. The summed E-state index contributed by atoms with van der Waals surface area (Å²) in [6.07, 6.45) is 7.04. The summed E-state index contributed by atoms with van der Waals surface area (Å²) >= 11 is 0.945. The Balaban J connectivity index is 3.40. The largest absolute Gasteiger partial charge is 0.499 e. The Kier molecular flexibility index (Phi) is 4.40. The number of allylic oxidation sites excluding steroid dienone is 3. The van der Waals surface area contributed by atoms with E-state index >= 15 is 0 Å². The van der Waals surface area contributed by atoms with Crippen LogP contribution in [-0.4, -0.2) is 16.7 Å². The normalized spacial score (nSPS) is 11.5. The molecule has 90 valence electrons. The maximum Gasteiger partial charge on any atom is 0.183 e. The summed E-state index contributed by atoms with van der Waals surface area (Å²) in [6, 6.07) is 0. The number of carbonyl (C=O) groups excluding carboxylic acids is 2. The topological polar surface area (TPSA) is 54.4 Å². The van der Waals surface area contributed by atoms with E-state index in [9.17, 15) is 14.7 Å². The van der Waals surface area contributed by atoms with Crippen LogP contribution in [-0.2, 0) is 0 Å². The molecule has 1 heterocycles. The van der Waals surface area contributed by atoms with Crippen LogP contribution in [0.2, 0.25) is 0 Å². The Morgan fingerprint density at radius 2 is 1.82 bits per heavy atom. The van der Waals surface area contributed by atoms with Crippen molar-refractivity contribution in [3.05, 3.63) is 34.2 Å². The highest BCUT2D eigenvalue weighted by Gasteiger charge is 2.21. The molecule has 0 radical (unpaired) electrons. The van der Waals surface area contributed by atoms with Gasteiger partial charge in [-0.25, -0.2) is 0 Å². The van der Waals surface area contributed by atoms with Gasteiger partial charge in [-0.3, -0.25) is 9.59 Å². The fraction of sp³-hybridized carbons (Fsp3) is 0.231. The van der Waals surface area contributed by atoms with Crippen molar-refractivity contribution in [3.8, 4) is 5.06 Å². The molecule has 0 fully saturated rings. The first-order valence-electron chi connectivity index (χ1n) is 5.16. The van der Waals surface area contributed by atoms with Crippen LogP contribution < -0.4 is 0 Å². The molecule has 4 heteroatoms. The van der Waals surface area contributed by atoms with Gasteiger partial charge in [-0.1, -0.05) is 35.6 Å². The number of hydrogen-bond donors (Lipinski definition) is 1. The standard InChI is InChI=1S/C13H14O3S/c1-4-5-6-7-10-11(8(2)14)13(16)17-12(10)9(3)15/h4-7,16H,1-3H3. The van der Waals surface area contributed by atoms with Gasteiger partial charge < -0.3 is 5.11 Å². The first-order chi connectivity index (χ1) is 7.99. The zero-order chi connectivity index (χ0) is 13.0. The van der Waals surface area contributed by atoms with Gasteiger partial charge in [-0.05, 0) is 20.8 Å². The van der Waals surface area contributed by atoms with Gasteiger partial charge in [-0.2, -0.15) is 0 Å². The predicted molar refractivity (Wildman–Crippen MR) is 69.8 cm³/mol. The third-order valence-corrected chi connectivity index (χ3v) is 3.27. The van der Waals surface area contributed by atoms with Gasteiger partial charge in [0.05, 0.1) is 10.4 Å². The van der Waals surface area contributed by atoms with E-state index in [0.717, 1.165) is 11.3 Å².